The molecule has 0 spiro atoms. The van der Waals surface area contributed by atoms with E-state index in [9.17, 15) is 9.59 Å². The smallest absolute Gasteiger partial charge is 0.241 e. The van der Waals surface area contributed by atoms with Gasteiger partial charge in [0.15, 0.2) is 0 Å². The summed E-state index contributed by atoms with van der Waals surface area (Å²) in [6, 6.07) is 17.1. The standard InChI is InChI=1S/C22H27N3O3/c1-17(24-12-14-25(15-13-24)18(2)26)22(27)23-20-8-10-21(11-9-20)28-16-19-6-4-3-5-7-19/h3-11,17H,12-16H2,1-2H3,(H,23,27)/t17-/m0/s1. The molecule has 0 bridgehead atoms. The summed E-state index contributed by atoms with van der Waals surface area (Å²) in [5, 5.41) is 2.96. The number of rotatable bonds is 6. The second kappa shape index (κ2) is 9.37. The molecule has 1 atom stereocenters. The van der Waals surface area contributed by atoms with E-state index in [0.717, 1.165) is 17.0 Å². The van der Waals surface area contributed by atoms with Crippen LogP contribution in [-0.2, 0) is 16.2 Å². The third-order valence-corrected chi connectivity index (χ3v) is 5.06. The molecule has 6 nitrogen and oxygen atoms in total. The van der Waals surface area contributed by atoms with Crippen molar-refractivity contribution in [1.82, 2.24) is 9.80 Å². The lowest BCUT2D eigenvalue weighted by Gasteiger charge is -2.37. The number of hydrogen-bond acceptors (Lipinski definition) is 4. The molecule has 2 amide bonds. The molecule has 1 aliphatic rings. The molecule has 3 rings (SSSR count). The van der Waals surface area contributed by atoms with E-state index in [0.29, 0.717) is 32.8 Å². The first kappa shape index (κ1) is 19.9. The average molecular weight is 381 g/mol. The second-order valence-corrected chi connectivity index (χ2v) is 7.01. The van der Waals surface area contributed by atoms with Gasteiger partial charge >= 0.3 is 0 Å². The van der Waals surface area contributed by atoms with Crippen molar-refractivity contribution in [3.05, 3.63) is 60.2 Å². The van der Waals surface area contributed by atoms with Gasteiger partial charge in [0.05, 0.1) is 6.04 Å². The maximum absolute atomic E-state index is 12.6. The van der Waals surface area contributed by atoms with Crippen molar-refractivity contribution in [1.29, 1.82) is 0 Å². The minimum absolute atomic E-state index is 0.0470. The highest BCUT2D eigenvalue weighted by Crippen LogP contribution is 2.18. The zero-order chi connectivity index (χ0) is 19.9. The molecule has 1 N–H and O–H groups in total. The summed E-state index contributed by atoms with van der Waals surface area (Å²) in [4.78, 5) is 27.9. The van der Waals surface area contributed by atoms with Gasteiger partial charge in [-0.3, -0.25) is 14.5 Å². The molecule has 148 valence electrons. The first-order valence-corrected chi connectivity index (χ1v) is 9.60. The highest BCUT2D eigenvalue weighted by molar-refractivity contribution is 5.94. The highest BCUT2D eigenvalue weighted by Gasteiger charge is 2.26. The summed E-state index contributed by atoms with van der Waals surface area (Å²) in [5.74, 6) is 0.802. The Morgan fingerprint density at radius 1 is 1.00 bits per heavy atom. The molecule has 1 aliphatic heterocycles. The summed E-state index contributed by atoms with van der Waals surface area (Å²) < 4.78 is 5.77. The molecule has 0 radical (unpaired) electrons. The van der Waals surface area contributed by atoms with Crippen molar-refractivity contribution in [2.24, 2.45) is 0 Å². The lowest BCUT2D eigenvalue weighted by Crippen LogP contribution is -2.53. The van der Waals surface area contributed by atoms with Gasteiger partial charge in [-0.2, -0.15) is 0 Å². The number of piperazine rings is 1. The van der Waals surface area contributed by atoms with E-state index in [1.54, 1.807) is 6.92 Å². The quantitative estimate of drug-likeness (QED) is 0.836. The number of carbonyl (C=O) groups is 2. The van der Waals surface area contributed by atoms with Crippen LogP contribution in [0.3, 0.4) is 0 Å². The Bertz CT molecular complexity index is 784. The van der Waals surface area contributed by atoms with Gasteiger partial charge in [0.1, 0.15) is 12.4 Å². The number of amides is 2. The van der Waals surface area contributed by atoms with Gasteiger partial charge in [-0.25, -0.2) is 0 Å². The number of carbonyl (C=O) groups excluding carboxylic acids is 2. The molecular weight excluding hydrogens is 354 g/mol. The van der Waals surface area contributed by atoms with E-state index in [2.05, 4.69) is 10.2 Å². The third-order valence-electron chi connectivity index (χ3n) is 5.06. The van der Waals surface area contributed by atoms with Crippen molar-refractivity contribution >= 4 is 17.5 Å². The van der Waals surface area contributed by atoms with Crippen LogP contribution in [0.1, 0.15) is 19.4 Å². The van der Waals surface area contributed by atoms with E-state index in [-0.39, 0.29) is 17.9 Å². The zero-order valence-corrected chi connectivity index (χ0v) is 16.4. The summed E-state index contributed by atoms with van der Waals surface area (Å²) in [6.45, 7) is 6.74. The van der Waals surface area contributed by atoms with Crippen LogP contribution < -0.4 is 10.1 Å². The maximum atomic E-state index is 12.6. The van der Waals surface area contributed by atoms with Gasteiger partial charge in [0.2, 0.25) is 11.8 Å². The molecule has 1 heterocycles. The van der Waals surface area contributed by atoms with Gasteiger partial charge < -0.3 is 15.0 Å². The van der Waals surface area contributed by atoms with Crippen molar-refractivity contribution < 1.29 is 14.3 Å². The predicted octanol–water partition coefficient (Wildman–Crippen LogP) is 2.76. The number of benzene rings is 2. The lowest BCUT2D eigenvalue weighted by molar-refractivity contribution is -0.131. The summed E-state index contributed by atoms with van der Waals surface area (Å²) >= 11 is 0. The second-order valence-electron chi connectivity index (χ2n) is 7.01. The largest absolute Gasteiger partial charge is 0.489 e. The van der Waals surface area contributed by atoms with Gasteiger partial charge in [-0.05, 0) is 36.8 Å². The van der Waals surface area contributed by atoms with Crippen LogP contribution >= 0.6 is 0 Å². The van der Waals surface area contributed by atoms with Gasteiger partial charge in [0.25, 0.3) is 0 Å². The zero-order valence-electron chi connectivity index (χ0n) is 16.4. The van der Waals surface area contributed by atoms with E-state index in [1.807, 2.05) is 66.4 Å². The van der Waals surface area contributed by atoms with Crippen molar-refractivity contribution in [3.63, 3.8) is 0 Å². The molecule has 2 aromatic rings. The number of nitrogens with one attached hydrogen (secondary N) is 1. The minimum Gasteiger partial charge on any atom is -0.489 e. The Balaban J connectivity index is 1.48. The van der Waals surface area contributed by atoms with Crippen LogP contribution in [0.4, 0.5) is 5.69 Å². The fourth-order valence-corrected chi connectivity index (χ4v) is 3.21. The van der Waals surface area contributed by atoms with Crippen molar-refractivity contribution in [3.8, 4) is 5.75 Å². The fraction of sp³-hybridized carbons (Fsp3) is 0.364. The topological polar surface area (TPSA) is 61.9 Å². The van der Waals surface area contributed by atoms with Gasteiger partial charge in [-0.1, -0.05) is 30.3 Å². The van der Waals surface area contributed by atoms with Gasteiger partial charge in [-0.15, -0.1) is 0 Å². The summed E-state index contributed by atoms with van der Waals surface area (Å²) in [7, 11) is 0. The monoisotopic (exact) mass is 381 g/mol. The highest BCUT2D eigenvalue weighted by atomic mass is 16.5. The van der Waals surface area contributed by atoms with Crippen LogP contribution in [0, 0.1) is 0 Å². The minimum atomic E-state index is -0.247. The Hall–Kier alpha value is -2.86. The third kappa shape index (κ3) is 5.33. The van der Waals surface area contributed by atoms with Crippen LogP contribution in [0.25, 0.3) is 0 Å². The summed E-state index contributed by atoms with van der Waals surface area (Å²) in [5.41, 5.74) is 1.85. The number of nitrogens with zero attached hydrogens (tertiary/aromatic N) is 2. The first-order chi connectivity index (χ1) is 13.5. The van der Waals surface area contributed by atoms with Crippen molar-refractivity contribution in [2.45, 2.75) is 26.5 Å². The molecule has 28 heavy (non-hydrogen) atoms. The molecule has 0 aliphatic carbocycles. The SMILES string of the molecule is CC(=O)N1CCN([C@@H](C)C(=O)Nc2ccc(OCc3ccccc3)cc2)CC1. The fourth-order valence-electron chi connectivity index (χ4n) is 3.21. The predicted molar refractivity (Wildman–Crippen MR) is 109 cm³/mol. The number of hydrogen-bond donors (Lipinski definition) is 1. The van der Waals surface area contributed by atoms with Crippen LogP contribution in [0.15, 0.2) is 54.6 Å². The van der Waals surface area contributed by atoms with Crippen LogP contribution in [-0.4, -0.2) is 53.8 Å². The average Bonchev–Trinajstić information content (AvgIpc) is 2.73. The van der Waals surface area contributed by atoms with E-state index < -0.39 is 0 Å². The van der Waals surface area contributed by atoms with Crippen molar-refractivity contribution in [2.75, 3.05) is 31.5 Å². The molecule has 0 aromatic heterocycles. The molecule has 0 saturated carbocycles. The van der Waals surface area contributed by atoms with Gasteiger partial charge in [0, 0.05) is 38.8 Å². The van der Waals surface area contributed by atoms with E-state index >= 15 is 0 Å². The molecule has 6 heteroatoms. The Morgan fingerprint density at radius 3 is 2.25 bits per heavy atom. The Morgan fingerprint density at radius 2 is 1.64 bits per heavy atom. The maximum Gasteiger partial charge on any atom is 0.241 e. The van der Waals surface area contributed by atoms with E-state index in [1.165, 1.54) is 0 Å². The molecule has 1 saturated heterocycles. The molecule has 1 fully saturated rings. The lowest BCUT2D eigenvalue weighted by atomic mass is 10.2. The Kier molecular flexibility index (Phi) is 6.66. The van der Waals surface area contributed by atoms with Crippen LogP contribution in [0.2, 0.25) is 0 Å². The number of ether oxygens (including phenoxy) is 1. The Labute approximate surface area is 166 Å². The normalized spacial score (nSPS) is 15.7. The molecule has 0 unspecified atom stereocenters. The summed E-state index contributed by atoms with van der Waals surface area (Å²) in [6.07, 6.45) is 0. The van der Waals surface area contributed by atoms with Crippen LogP contribution in [0.5, 0.6) is 5.75 Å². The molecule has 2 aromatic carbocycles. The number of anilines is 1. The van der Waals surface area contributed by atoms with E-state index in [4.69, 9.17) is 4.74 Å². The molecular formula is C22H27N3O3. The first-order valence-electron chi connectivity index (χ1n) is 9.60.